The van der Waals surface area contributed by atoms with E-state index in [1.807, 2.05) is 60.0 Å². The topological polar surface area (TPSA) is 120 Å². The normalized spacial score (nSPS) is 21.2. The summed E-state index contributed by atoms with van der Waals surface area (Å²) in [5.41, 5.74) is 12.0. The molecule has 2 fully saturated rings. The summed E-state index contributed by atoms with van der Waals surface area (Å²) >= 11 is 0. The summed E-state index contributed by atoms with van der Waals surface area (Å²) in [6.45, 7) is 6.13. The third-order valence-electron chi connectivity index (χ3n) is 12.3. The van der Waals surface area contributed by atoms with Gasteiger partial charge >= 0.3 is 0 Å². The molecule has 2 atom stereocenters. The molecule has 1 aliphatic carbocycles. The number of carbonyl (C=O) groups excluding carboxylic acids is 2. The van der Waals surface area contributed by atoms with E-state index < -0.39 is 0 Å². The highest BCUT2D eigenvalue weighted by Crippen LogP contribution is 2.47. The second kappa shape index (κ2) is 17.0. The van der Waals surface area contributed by atoms with Crippen LogP contribution >= 0.6 is 12.4 Å². The highest BCUT2D eigenvalue weighted by atomic mass is 35.5. The Morgan fingerprint density at radius 2 is 1.05 bits per heavy atom. The fourth-order valence-electron chi connectivity index (χ4n) is 9.22. The summed E-state index contributed by atoms with van der Waals surface area (Å²) in [6.07, 6.45) is 7.78. The maximum atomic E-state index is 14.7. The number of hydrazone groups is 2. The predicted molar refractivity (Wildman–Crippen MR) is 228 cm³/mol. The lowest BCUT2D eigenvalue weighted by Crippen LogP contribution is -2.55. The van der Waals surface area contributed by atoms with Crippen LogP contribution in [-0.2, 0) is 9.59 Å². The van der Waals surface area contributed by atoms with E-state index in [2.05, 4.69) is 38.5 Å². The zero-order chi connectivity index (χ0) is 39.9. The van der Waals surface area contributed by atoms with Gasteiger partial charge in [0.05, 0.1) is 11.4 Å². The fraction of sp³-hybridized carbons (Fsp3) is 0.378. The summed E-state index contributed by atoms with van der Waals surface area (Å²) in [6, 6.07) is 21.1. The van der Waals surface area contributed by atoms with Crippen molar-refractivity contribution in [2.45, 2.75) is 82.7 Å². The molecule has 0 spiro atoms. The Hall–Kier alpha value is -5.53. The average molecular weight is 824 g/mol. The first-order valence-electron chi connectivity index (χ1n) is 20.4. The molecule has 59 heavy (non-hydrogen) atoms. The van der Waals surface area contributed by atoms with Gasteiger partial charge in [-0.05, 0) is 123 Å². The molecular weight excluding hydrogens is 776 g/mol. The number of halogens is 3. The largest absolute Gasteiger partial charge is 0.483 e. The molecule has 1 saturated carbocycles. The van der Waals surface area contributed by atoms with Crippen molar-refractivity contribution in [3.05, 3.63) is 95.6 Å². The zero-order valence-corrected chi connectivity index (χ0v) is 33.9. The molecule has 0 radical (unpaired) electrons. The number of amides is 2. The first-order chi connectivity index (χ1) is 28.3. The number of amidine groups is 2. The molecule has 5 heterocycles. The van der Waals surface area contributed by atoms with Gasteiger partial charge in [-0.3, -0.25) is 9.59 Å². The van der Waals surface area contributed by atoms with Gasteiger partial charge in [0, 0.05) is 11.1 Å². The number of fused-ring (bicyclic) bond motifs is 6. The van der Waals surface area contributed by atoms with Gasteiger partial charge < -0.3 is 24.6 Å². The summed E-state index contributed by atoms with van der Waals surface area (Å²) in [5, 5.41) is 11.7. The second-order valence-corrected chi connectivity index (χ2v) is 15.8. The highest BCUT2D eigenvalue weighted by molar-refractivity contribution is 6.10. The zero-order valence-electron chi connectivity index (χ0n) is 33.1. The van der Waals surface area contributed by atoms with Crippen molar-refractivity contribution in [2.24, 2.45) is 10.2 Å². The number of hydrogen-bond donors (Lipinski definition) is 3. The van der Waals surface area contributed by atoms with Gasteiger partial charge in [0.1, 0.15) is 48.4 Å². The molecule has 1 saturated heterocycles. The Bertz CT molecular complexity index is 2170. The Kier molecular flexibility index (Phi) is 11.6. The lowest BCUT2D eigenvalue weighted by atomic mass is 9.80. The van der Waals surface area contributed by atoms with Crippen LogP contribution < -0.4 is 35.4 Å². The van der Waals surface area contributed by atoms with Crippen LogP contribution in [0.2, 0.25) is 0 Å². The van der Waals surface area contributed by atoms with Crippen molar-refractivity contribution >= 4 is 47.3 Å². The van der Waals surface area contributed by atoms with Crippen LogP contribution in [0.5, 0.6) is 11.5 Å². The molecule has 11 nitrogen and oxygen atoms in total. The maximum Gasteiger partial charge on any atom is 0.262 e. The predicted octanol–water partition coefficient (Wildman–Crippen LogP) is 7.98. The molecule has 0 bridgehead atoms. The minimum absolute atomic E-state index is 0. The Morgan fingerprint density at radius 1 is 0.610 bits per heavy atom. The molecule has 4 aromatic carbocycles. The van der Waals surface area contributed by atoms with Gasteiger partial charge in [-0.1, -0.05) is 55.7 Å². The molecule has 308 valence electrons. The number of ether oxygens (including phenoxy) is 2. The van der Waals surface area contributed by atoms with Crippen LogP contribution in [0.4, 0.5) is 20.2 Å². The van der Waals surface area contributed by atoms with Crippen molar-refractivity contribution in [1.82, 2.24) is 16.2 Å². The molecular formula is C45H48ClF2N7O4. The van der Waals surface area contributed by atoms with Crippen LogP contribution in [0.15, 0.2) is 83.0 Å². The van der Waals surface area contributed by atoms with E-state index in [9.17, 15) is 18.4 Å². The van der Waals surface area contributed by atoms with Gasteiger partial charge in [0.25, 0.3) is 11.8 Å². The molecule has 3 N–H and O–H groups in total. The van der Waals surface area contributed by atoms with Gasteiger partial charge in [0.15, 0.2) is 11.7 Å². The minimum atomic E-state index is -0.384. The van der Waals surface area contributed by atoms with Crippen molar-refractivity contribution in [2.75, 3.05) is 36.1 Å². The van der Waals surface area contributed by atoms with Crippen LogP contribution in [0, 0.1) is 11.6 Å². The molecule has 0 unspecified atom stereocenters. The summed E-state index contributed by atoms with van der Waals surface area (Å²) in [4.78, 5) is 28.3. The first-order valence-corrected chi connectivity index (χ1v) is 20.4. The molecule has 6 aliphatic rings. The Morgan fingerprint density at radius 3 is 1.51 bits per heavy atom. The fourth-order valence-corrected chi connectivity index (χ4v) is 9.22. The molecule has 5 aliphatic heterocycles. The molecule has 14 heteroatoms. The standard InChI is InChI=1S/C23H24FN3O2.C22H23FN4O2.ClH/c1-14-23(28)26-25-22-13-29-21-12-18(16-9-5-6-10-19(16)24)17(11-20(21)27(14)22)15-7-3-2-4-8-15;1-13-22(28)26-25-21-12-29-20-11-17(15-4-2-3-5-18(15)23)16(10-19(20)27(13)21)14-6-8-24-9-7-14;/h5-6,9-12,14-15H,2-4,7-8,13H2,1H3,(H,26,28);2-5,10-11,13-14,24H,6-9,12H2,1H3,(H,26,28);1H/t14-;13-;/m11./s1. The van der Waals surface area contributed by atoms with Crippen molar-refractivity contribution in [3.63, 3.8) is 0 Å². The number of rotatable bonds is 4. The van der Waals surface area contributed by atoms with Crippen LogP contribution in [-0.4, -0.2) is 61.9 Å². The smallest absolute Gasteiger partial charge is 0.262 e. The molecule has 10 rings (SSSR count). The van der Waals surface area contributed by atoms with Gasteiger partial charge in [-0.2, -0.15) is 10.2 Å². The summed E-state index contributed by atoms with van der Waals surface area (Å²) in [5.74, 6) is 2.62. The van der Waals surface area contributed by atoms with Gasteiger partial charge in [-0.25, -0.2) is 19.6 Å². The summed E-state index contributed by atoms with van der Waals surface area (Å²) in [7, 11) is 0. The number of piperidine rings is 1. The van der Waals surface area contributed by atoms with Crippen molar-refractivity contribution < 1.29 is 27.8 Å². The van der Waals surface area contributed by atoms with Crippen LogP contribution in [0.3, 0.4) is 0 Å². The van der Waals surface area contributed by atoms with E-state index >= 15 is 0 Å². The maximum absolute atomic E-state index is 14.7. The van der Waals surface area contributed by atoms with Crippen molar-refractivity contribution in [3.8, 4) is 33.8 Å². The number of carbonyl (C=O) groups is 2. The lowest BCUT2D eigenvalue weighted by molar-refractivity contribution is -0.123. The number of anilines is 2. The average Bonchev–Trinajstić information content (AvgIpc) is 3.26. The number of benzene rings is 4. The number of nitrogens with one attached hydrogen (secondary N) is 3. The van der Waals surface area contributed by atoms with Crippen LogP contribution in [0.1, 0.15) is 81.8 Å². The van der Waals surface area contributed by atoms with E-state index in [0.29, 0.717) is 46.1 Å². The lowest BCUT2D eigenvalue weighted by Gasteiger charge is -2.39. The minimum Gasteiger partial charge on any atom is -0.483 e. The number of hydrogen-bond acceptors (Lipinski definition) is 9. The Balaban J connectivity index is 0.000000161. The van der Waals surface area contributed by atoms with E-state index in [4.69, 9.17) is 9.47 Å². The van der Waals surface area contributed by atoms with E-state index in [1.54, 1.807) is 12.1 Å². The summed E-state index contributed by atoms with van der Waals surface area (Å²) < 4.78 is 41.4. The first kappa shape index (κ1) is 40.3. The third-order valence-corrected chi connectivity index (χ3v) is 12.3. The van der Waals surface area contributed by atoms with E-state index in [1.165, 1.54) is 31.4 Å². The van der Waals surface area contributed by atoms with Crippen molar-refractivity contribution in [1.29, 1.82) is 0 Å². The Labute approximate surface area is 348 Å². The van der Waals surface area contributed by atoms with Crippen LogP contribution in [0.25, 0.3) is 22.3 Å². The molecule has 4 aromatic rings. The second-order valence-electron chi connectivity index (χ2n) is 15.8. The van der Waals surface area contributed by atoms with E-state index in [-0.39, 0.29) is 61.2 Å². The monoisotopic (exact) mass is 823 g/mol. The molecule has 0 aromatic heterocycles. The SMILES string of the molecule is C[C@@H]1C(=O)NN=C2COc3cc(-c4ccccc4F)c(C4CCCCC4)cc3N21.C[C@@H]1C(=O)NN=C2COc3cc(-c4ccccc4F)c(C4CCNCC4)cc3N21.Cl. The third kappa shape index (κ3) is 7.62. The van der Waals surface area contributed by atoms with Gasteiger partial charge in [-0.15, -0.1) is 12.4 Å². The van der Waals surface area contributed by atoms with E-state index in [0.717, 1.165) is 72.4 Å². The molecule has 2 amide bonds. The van der Waals surface area contributed by atoms with Gasteiger partial charge in [0.2, 0.25) is 0 Å². The quantitative estimate of drug-likeness (QED) is 0.191. The number of nitrogens with zero attached hydrogens (tertiary/aromatic N) is 4. The highest BCUT2D eigenvalue weighted by Gasteiger charge is 2.38.